The van der Waals surface area contributed by atoms with Gasteiger partial charge in [-0.15, -0.1) is 0 Å². The van der Waals surface area contributed by atoms with Crippen LogP contribution in [0, 0.1) is 0 Å². The molecule has 0 aliphatic carbocycles. The molecule has 0 spiro atoms. The molecule has 108 valence electrons. The molecule has 0 saturated carbocycles. The number of carbonyl (C=O) groups is 2. The predicted octanol–water partition coefficient (Wildman–Crippen LogP) is -0.0817. The topological polar surface area (TPSA) is 87.7 Å². The Hall–Kier alpha value is -1.92. The SMILES string of the molecule is O=C(O)Cc1ccccc1CNC(=O)C1COCCN1. The fourth-order valence-corrected chi connectivity index (χ4v) is 2.10. The Labute approximate surface area is 117 Å². The largest absolute Gasteiger partial charge is 0.481 e. The number of carboxylic acids is 1. The Morgan fingerprint density at radius 1 is 1.35 bits per heavy atom. The van der Waals surface area contributed by atoms with Crippen LogP contribution < -0.4 is 10.6 Å². The first-order valence-corrected chi connectivity index (χ1v) is 6.54. The van der Waals surface area contributed by atoms with Crippen molar-refractivity contribution in [2.24, 2.45) is 0 Å². The second-order valence-electron chi connectivity index (χ2n) is 4.64. The highest BCUT2D eigenvalue weighted by molar-refractivity contribution is 5.82. The van der Waals surface area contributed by atoms with Crippen molar-refractivity contribution < 1.29 is 19.4 Å². The van der Waals surface area contributed by atoms with Crippen LogP contribution in [0.3, 0.4) is 0 Å². The molecule has 1 unspecified atom stereocenters. The molecule has 1 fully saturated rings. The standard InChI is InChI=1S/C14H18N2O4/c17-13(18)7-10-3-1-2-4-11(10)8-16-14(19)12-9-20-6-5-15-12/h1-4,12,15H,5-9H2,(H,16,19)(H,17,18). The quantitative estimate of drug-likeness (QED) is 0.701. The van der Waals surface area contributed by atoms with Crippen molar-refractivity contribution in [3.63, 3.8) is 0 Å². The molecule has 1 atom stereocenters. The van der Waals surface area contributed by atoms with Crippen molar-refractivity contribution >= 4 is 11.9 Å². The van der Waals surface area contributed by atoms with Gasteiger partial charge >= 0.3 is 5.97 Å². The predicted molar refractivity (Wildman–Crippen MR) is 72.2 cm³/mol. The summed E-state index contributed by atoms with van der Waals surface area (Å²) in [5.41, 5.74) is 1.54. The fourth-order valence-electron chi connectivity index (χ4n) is 2.10. The number of hydrogen-bond donors (Lipinski definition) is 3. The first-order chi connectivity index (χ1) is 9.66. The third-order valence-electron chi connectivity index (χ3n) is 3.15. The van der Waals surface area contributed by atoms with Gasteiger partial charge in [0.05, 0.1) is 19.6 Å². The minimum atomic E-state index is -0.883. The molecule has 1 aromatic carbocycles. The molecule has 1 saturated heterocycles. The summed E-state index contributed by atoms with van der Waals surface area (Å²) in [7, 11) is 0. The summed E-state index contributed by atoms with van der Waals surface area (Å²) < 4.78 is 5.23. The van der Waals surface area contributed by atoms with Crippen molar-refractivity contribution in [1.82, 2.24) is 10.6 Å². The van der Waals surface area contributed by atoms with Crippen LogP contribution in [-0.4, -0.2) is 42.8 Å². The molecule has 6 heteroatoms. The van der Waals surface area contributed by atoms with Gasteiger partial charge < -0.3 is 20.5 Å². The van der Waals surface area contributed by atoms with Gasteiger partial charge in [-0.3, -0.25) is 9.59 Å². The molecule has 20 heavy (non-hydrogen) atoms. The van der Waals surface area contributed by atoms with Gasteiger partial charge in [0.2, 0.25) is 5.91 Å². The molecule has 1 heterocycles. The van der Waals surface area contributed by atoms with Crippen molar-refractivity contribution in [3.8, 4) is 0 Å². The molecular weight excluding hydrogens is 260 g/mol. The Bertz CT molecular complexity index is 484. The molecule has 2 rings (SSSR count). The van der Waals surface area contributed by atoms with E-state index in [4.69, 9.17) is 9.84 Å². The van der Waals surface area contributed by atoms with E-state index in [9.17, 15) is 9.59 Å². The number of hydrogen-bond acceptors (Lipinski definition) is 4. The average molecular weight is 278 g/mol. The first kappa shape index (κ1) is 14.5. The molecule has 0 radical (unpaired) electrons. The lowest BCUT2D eigenvalue weighted by Gasteiger charge is -2.23. The number of morpholine rings is 1. The molecule has 0 aromatic heterocycles. The lowest BCUT2D eigenvalue weighted by Crippen LogP contribution is -2.51. The smallest absolute Gasteiger partial charge is 0.307 e. The maximum atomic E-state index is 11.9. The van der Waals surface area contributed by atoms with E-state index in [2.05, 4.69) is 10.6 Å². The second-order valence-corrected chi connectivity index (χ2v) is 4.64. The van der Waals surface area contributed by atoms with Crippen molar-refractivity contribution in [3.05, 3.63) is 35.4 Å². The van der Waals surface area contributed by atoms with Crippen LogP contribution in [0.25, 0.3) is 0 Å². The molecule has 0 bridgehead atoms. The van der Waals surface area contributed by atoms with Gasteiger partial charge in [0.1, 0.15) is 6.04 Å². The number of aliphatic carboxylic acids is 1. The highest BCUT2D eigenvalue weighted by Crippen LogP contribution is 2.09. The number of amides is 1. The summed E-state index contributed by atoms with van der Waals surface area (Å²) in [5.74, 6) is -1.01. The molecular formula is C14H18N2O4. The van der Waals surface area contributed by atoms with Crippen LogP contribution in [-0.2, 0) is 27.3 Å². The van der Waals surface area contributed by atoms with E-state index in [-0.39, 0.29) is 18.4 Å². The Morgan fingerprint density at radius 3 is 2.75 bits per heavy atom. The lowest BCUT2D eigenvalue weighted by molar-refractivity contribution is -0.136. The minimum absolute atomic E-state index is 0.0448. The van der Waals surface area contributed by atoms with Gasteiger partial charge in [0, 0.05) is 13.1 Å². The third kappa shape index (κ3) is 4.04. The fraction of sp³-hybridized carbons (Fsp3) is 0.429. The number of ether oxygens (including phenoxy) is 1. The summed E-state index contributed by atoms with van der Waals surface area (Å²) in [6.07, 6.45) is -0.0448. The van der Waals surface area contributed by atoms with E-state index in [0.29, 0.717) is 31.9 Å². The van der Waals surface area contributed by atoms with Gasteiger partial charge in [-0.25, -0.2) is 0 Å². The van der Waals surface area contributed by atoms with Gasteiger partial charge in [-0.1, -0.05) is 24.3 Å². The Balaban J connectivity index is 1.92. The number of rotatable bonds is 5. The highest BCUT2D eigenvalue weighted by atomic mass is 16.5. The number of carbonyl (C=O) groups excluding carboxylic acids is 1. The maximum absolute atomic E-state index is 11.9. The second kappa shape index (κ2) is 7.02. The monoisotopic (exact) mass is 278 g/mol. The zero-order valence-corrected chi connectivity index (χ0v) is 11.1. The van der Waals surface area contributed by atoms with Gasteiger partial charge in [-0.2, -0.15) is 0 Å². The molecule has 1 aliphatic rings. The summed E-state index contributed by atoms with van der Waals surface area (Å²) in [6, 6.07) is 6.87. The number of carboxylic acid groups (broad SMARTS) is 1. The van der Waals surface area contributed by atoms with Crippen LogP contribution in [0.15, 0.2) is 24.3 Å². The molecule has 1 aromatic rings. The zero-order chi connectivity index (χ0) is 14.4. The normalized spacial score (nSPS) is 18.5. The molecule has 1 aliphatic heterocycles. The summed E-state index contributed by atoms with van der Waals surface area (Å²) in [5, 5.41) is 14.7. The number of benzene rings is 1. The Morgan fingerprint density at radius 2 is 2.10 bits per heavy atom. The van der Waals surface area contributed by atoms with Crippen molar-refractivity contribution in [1.29, 1.82) is 0 Å². The van der Waals surface area contributed by atoms with Gasteiger partial charge in [-0.05, 0) is 11.1 Å². The van der Waals surface area contributed by atoms with E-state index >= 15 is 0 Å². The van der Waals surface area contributed by atoms with Crippen molar-refractivity contribution in [2.45, 2.75) is 19.0 Å². The van der Waals surface area contributed by atoms with Crippen LogP contribution in [0.4, 0.5) is 0 Å². The van der Waals surface area contributed by atoms with E-state index in [1.807, 2.05) is 12.1 Å². The lowest BCUT2D eigenvalue weighted by atomic mass is 10.0. The maximum Gasteiger partial charge on any atom is 0.307 e. The first-order valence-electron chi connectivity index (χ1n) is 6.54. The van der Waals surface area contributed by atoms with Crippen LogP contribution in [0.1, 0.15) is 11.1 Å². The molecule has 3 N–H and O–H groups in total. The molecule has 1 amide bonds. The van der Waals surface area contributed by atoms with Gasteiger partial charge in [0.15, 0.2) is 0 Å². The molecule has 6 nitrogen and oxygen atoms in total. The van der Waals surface area contributed by atoms with E-state index < -0.39 is 5.97 Å². The average Bonchev–Trinajstić information content (AvgIpc) is 2.46. The van der Waals surface area contributed by atoms with Gasteiger partial charge in [0.25, 0.3) is 0 Å². The van der Waals surface area contributed by atoms with Crippen LogP contribution in [0.2, 0.25) is 0 Å². The minimum Gasteiger partial charge on any atom is -0.481 e. The van der Waals surface area contributed by atoms with E-state index in [1.54, 1.807) is 12.1 Å². The highest BCUT2D eigenvalue weighted by Gasteiger charge is 2.20. The summed E-state index contributed by atoms with van der Waals surface area (Å²) >= 11 is 0. The summed E-state index contributed by atoms with van der Waals surface area (Å²) in [6.45, 7) is 1.96. The zero-order valence-electron chi connectivity index (χ0n) is 11.1. The van der Waals surface area contributed by atoms with E-state index in [1.165, 1.54) is 0 Å². The van der Waals surface area contributed by atoms with Crippen LogP contribution in [0.5, 0.6) is 0 Å². The summed E-state index contributed by atoms with van der Waals surface area (Å²) in [4.78, 5) is 22.7. The Kier molecular flexibility index (Phi) is 5.09. The third-order valence-corrected chi connectivity index (χ3v) is 3.15. The number of nitrogens with one attached hydrogen (secondary N) is 2. The van der Waals surface area contributed by atoms with E-state index in [0.717, 1.165) is 5.56 Å². The van der Waals surface area contributed by atoms with Crippen molar-refractivity contribution in [2.75, 3.05) is 19.8 Å². The van der Waals surface area contributed by atoms with Crippen LogP contribution >= 0.6 is 0 Å².